The van der Waals surface area contributed by atoms with Crippen LogP contribution in [0.5, 0.6) is 0 Å². The fourth-order valence-electron chi connectivity index (χ4n) is 2.06. The lowest BCUT2D eigenvalue weighted by molar-refractivity contribution is 0.0955. The third-order valence-electron chi connectivity index (χ3n) is 3.09. The Kier molecular flexibility index (Phi) is 4.13. The molecule has 0 saturated carbocycles. The van der Waals surface area contributed by atoms with Gasteiger partial charge in [0.05, 0.1) is 10.6 Å². The summed E-state index contributed by atoms with van der Waals surface area (Å²) in [6.45, 7) is 2.48. The number of nitrogens with zero attached hydrogens (tertiary/aromatic N) is 1. The number of amides is 1. The highest BCUT2D eigenvalue weighted by Crippen LogP contribution is 2.23. The summed E-state index contributed by atoms with van der Waals surface area (Å²) in [5.41, 5.74) is 3.05. The largest absolute Gasteiger partial charge is 0.347 e. The van der Waals surface area contributed by atoms with Crippen LogP contribution in [-0.2, 0) is 6.54 Å². The molecule has 21 heavy (non-hydrogen) atoms. The Labute approximate surface area is 131 Å². The Morgan fingerprint density at radius 2 is 2.19 bits per heavy atom. The van der Waals surface area contributed by atoms with Gasteiger partial charge >= 0.3 is 0 Å². The van der Waals surface area contributed by atoms with Gasteiger partial charge in [-0.25, -0.2) is 0 Å². The Bertz CT molecular complexity index is 747. The lowest BCUT2D eigenvalue weighted by Gasteiger charge is -2.08. The van der Waals surface area contributed by atoms with Crippen molar-refractivity contribution in [2.45, 2.75) is 13.5 Å². The van der Waals surface area contributed by atoms with Crippen molar-refractivity contribution in [2.24, 2.45) is 0 Å². The quantitative estimate of drug-likeness (QED) is 0.787. The van der Waals surface area contributed by atoms with E-state index in [1.807, 2.05) is 42.6 Å². The van der Waals surface area contributed by atoms with E-state index in [1.165, 1.54) is 11.3 Å². The molecule has 0 unspecified atom stereocenters. The number of nitrogens with one attached hydrogen (secondary N) is 1. The maximum Gasteiger partial charge on any atom is 0.261 e. The molecule has 3 nitrogen and oxygen atoms in total. The summed E-state index contributed by atoms with van der Waals surface area (Å²) in [5.74, 6) is -0.0341. The van der Waals surface area contributed by atoms with Crippen LogP contribution in [0.2, 0.25) is 0 Å². The van der Waals surface area contributed by atoms with Crippen molar-refractivity contribution in [2.75, 3.05) is 0 Å². The summed E-state index contributed by atoms with van der Waals surface area (Å²) in [7, 11) is 0. The fraction of sp³-hybridized carbons (Fsp3) is 0.125. The van der Waals surface area contributed by atoms with E-state index in [-0.39, 0.29) is 5.91 Å². The first-order valence-electron chi connectivity index (χ1n) is 6.55. The maximum atomic E-state index is 12.1. The molecule has 106 valence electrons. The minimum atomic E-state index is -0.0341. The highest BCUT2D eigenvalue weighted by Gasteiger charge is 2.10. The minimum Gasteiger partial charge on any atom is -0.347 e. The van der Waals surface area contributed by atoms with Crippen LogP contribution in [0.15, 0.2) is 47.3 Å². The molecular weight excluding hydrogens is 300 g/mol. The van der Waals surface area contributed by atoms with E-state index in [0.29, 0.717) is 6.54 Å². The maximum absolute atomic E-state index is 12.1. The second-order valence-electron chi connectivity index (χ2n) is 4.62. The van der Waals surface area contributed by atoms with Crippen molar-refractivity contribution in [3.05, 3.63) is 62.6 Å². The van der Waals surface area contributed by atoms with Gasteiger partial charge in [0.15, 0.2) is 0 Å². The molecule has 0 aromatic carbocycles. The van der Waals surface area contributed by atoms with E-state index < -0.39 is 0 Å². The second-order valence-corrected chi connectivity index (χ2v) is 6.68. The third kappa shape index (κ3) is 3.20. The van der Waals surface area contributed by atoms with Gasteiger partial charge in [-0.3, -0.25) is 9.78 Å². The van der Waals surface area contributed by atoms with E-state index in [2.05, 4.69) is 15.7 Å². The molecular formula is C16H14N2OS2. The van der Waals surface area contributed by atoms with Crippen molar-refractivity contribution >= 4 is 28.6 Å². The van der Waals surface area contributed by atoms with E-state index in [9.17, 15) is 4.79 Å². The van der Waals surface area contributed by atoms with Crippen LogP contribution >= 0.6 is 22.7 Å². The van der Waals surface area contributed by atoms with Gasteiger partial charge in [-0.05, 0) is 42.1 Å². The summed E-state index contributed by atoms with van der Waals surface area (Å²) in [6.07, 6.45) is 1.78. The van der Waals surface area contributed by atoms with Crippen molar-refractivity contribution in [3.63, 3.8) is 0 Å². The highest BCUT2D eigenvalue weighted by molar-refractivity contribution is 7.13. The van der Waals surface area contributed by atoms with Gasteiger partial charge in [0.2, 0.25) is 0 Å². The molecule has 5 heteroatoms. The average molecular weight is 314 g/mol. The Morgan fingerprint density at radius 3 is 2.90 bits per heavy atom. The average Bonchev–Trinajstić information content (AvgIpc) is 3.16. The van der Waals surface area contributed by atoms with E-state index in [4.69, 9.17) is 0 Å². The van der Waals surface area contributed by atoms with E-state index in [0.717, 1.165) is 26.6 Å². The normalized spacial score (nSPS) is 10.5. The summed E-state index contributed by atoms with van der Waals surface area (Å²) < 4.78 is 0. The number of aromatic nitrogens is 1. The smallest absolute Gasteiger partial charge is 0.261 e. The van der Waals surface area contributed by atoms with E-state index >= 15 is 0 Å². The van der Waals surface area contributed by atoms with Gasteiger partial charge in [0.25, 0.3) is 5.91 Å². The minimum absolute atomic E-state index is 0.0341. The lowest BCUT2D eigenvalue weighted by Crippen LogP contribution is -2.22. The molecule has 0 aliphatic heterocycles. The predicted molar refractivity (Wildman–Crippen MR) is 87.8 cm³/mol. The fourth-order valence-corrected chi connectivity index (χ4v) is 3.48. The monoisotopic (exact) mass is 314 g/mol. The molecule has 0 fully saturated rings. The van der Waals surface area contributed by atoms with Crippen molar-refractivity contribution in [1.29, 1.82) is 0 Å². The molecule has 0 radical (unpaired) electrons. The van der Waals surface area contributed by atoms with Crippen LogP contribution in [0.3, 0.4) is 0 Å². The van der Waals surface area contributed by atoms with Gasteiger partial charge in [-0.1, -0.05) is 6.07 Å². The zero-order valence-electron chi connectivity index (χ0n) is 11.5. The molecule has 3 heterocycles. The molecule has 0 bridgehead atoms. The molecule has 3 aromatic heterocycles. The number of hydrogen-bond donors (Lipinski definition) is 1. The molecule has 1 N–H and O–H groups in total. The summed E-state index contributed by atoms with van der Waals surface area (Å²) >= 11 is 3.15. The molecule has 0 spiro atoms. The summed E-state index contributed by atoms with van der Waals surface area (Å²) in [4.78, 5) is 18.4. The Balaban J connectivity index is 1.75. The molecule has 0 saturated heterocycles. The zero-order valence-corrected chi connectivity index (χ0v) is 13.1. The Hall–Kier alpha value is -1.98. The van der Waals surface area contributed by atoms with Crippen LogP contribution in [0.1, 0.15) is 20.1 Å². The van der Waals surface area contributed by atoms with Crippen molar-refractivity contribution < 1.29 is 4.79 Å². The molecule has 3 aromatic rings. The van der Waals surface area contributed by atoms with Gasteiger partial charge < -0.3 is 5.32 Å². The number of rotatable bonds is 4. The third-order valence-corrected chi connectivity index (χ3v) is 4.77. The van der Waals surface area contributed by atoms with Crippen LogP contribution in [0.25, 0.3) is 11.3 Å². The summed E-state index contributed by atoms with van der Waals surface area (Å²) in [6, 6.07) is 9.76. The molecule has 1 amide bonds. The van der Waals surface area contributed by atoms with Crippen molar-refractivity contribution in [1.82, 2.24) is 10.3 Å². The first kappa shape index (κ1) is 14.0. The zero-order chi connectivity index (χ0) is 14.7. The number of hydrogen-bond acceptors (Lipinski definition) is 4. The van der Waals surface area contributed by atoms with Gasteiger partial charge in [0, 0.05) is 28.6 Å². The van der Waals surface area contributed by atoms with E-state index in [1.54, 1.807) is 17.5 Å². The molecule has 3 rings (SSSR count). The number of pyridine rings is 1. The van der Waals surface area contributed by atoms with Gasteiger partial charge in [-0.15, -0.1) is 11.3 Å². The highest BCUT2D eigenvalue weighted by atomic mass is 32.1. The second kappa shape index (κ2) is 6.20. The first-order chi connectivity index (χ1) is 10.2. The summed E-state index contributed by atoms with van der Waals surface area (Å²) in [5, 5.41) is 7.06. The molecule has 0 atom stereocenters. The topological polar surface area (TPSA) is 42.0 Å². The van der Waals surface area contributed by atoms with Crippen molar-refractivity contribution in [3.8, 4) is 11.3 Å². The van der Waals surface area contributed by atoms with Gasteiger partial charge in [0.1, 0.15) is 0 Å². The standard InChI is InChI=1S/C16H14N2OS2/c1-11-4-5-14(21-11)16(19)18-9-12-3-2-7-17-15(12)13-6-8-20-10-13/h2-8,10H,9H2,1H3,(H,18,19). The van der Waals surface area contributed by atoms with Crippen LogP contribution in [0.4, 0.5) is 0 Å². The van der Waals surface area contributed by atoms with Crippen LogP contribution in [0, 0.1) is 6.92 Å². The number of thiophene rings is 2. The van der Waals surface area contributed by atoms with Gasteiger partial charge in [-0.2, -0.15) is 11.3 Å². The number of carbonyl (C=O) groups is 1. The number of aryl methyl sites for hydroxylation is 1. The van der Waals surface area contributed by atoms with Crippen LogP contribution < -0.4 is 5.32 Å². The lowest BCUT2D eigenvalue weighted by atomic mass is 10.1. The molecule has 0 aliphatic rings. The first-order valence-corrected chi connectivity index (χ1v) is 8.31. The molecule has 0 aliphatic carbocycles. The SMILES string of the molecule is Cc1ccc(C(=O)NCc2cccnc2-c2ccsc2)s1. The number of carbonyl (C=O) groups excluding carboxylic acids is 1. The Morgan fingerprint density at radius 1 is 1.29 bits per heavy atom. The predicted octanol–water partition coefficient (Wildman–Crippen LogP) is 4.11. The van der Waals surface area contributed by atoms with Crippen LogP contribution in [-0.4, -0.2) is 10.9 Å².